The van der Waals surface area contributed by atoms with Gasteiger partial charge in [0.15, 0.2) is 0 Å². The van der Waals surface area contributed by atoms with Crippen LogP contribution in [0.15, 0.2) is 10.8 Å². The van der Waals surface area contributed by atoms with Gasteiger partial charge in [0, 0.05) is 21.1 Å². The van der Waals surface area contributed by atoms with E-state index in [1.165, 1.54) is 6.04 Å². The molecule has 0 saturated heterocycles. The lowest BCUT2D eigenvalue weighted by atomic mass is 10.1. The molecule has 0 aromatic carbocycles. The van der Waals surface area contributed by atoms with Crippen molar-refractivity contribution in [2.45, 2.75) is 52.7 Å². The number of imidazole rings is 1. The first kappa shape index (κ1) is 15.9. The molecular weight excluding hydrogens is 308 g/mol. The molecule has 1 aromatic heterocycles. The lowest BCUT2D eigenvalue weighted by Gasteiger charge is -2.16. The van der Waals surface area contributed by atoms with Crippen LogP contribution in [0.1, 0.15) is 19.7 Å². The summed E-state index contributed by atoms with van der Waals surface area (Å²) in [5, 5.41) is 0. The Morgan fingerprint density at radius 2 is 2.06 bits per heavy atom. The van der Waals surface area contributed by atoms with E-state index in [1.54, 1.807) is 0 Å². The van der Waals surface area contributed by atoms with E-state index in [0.29, 0.717) is 12.6 Å². The summed E-state index contributed by atoms with van der Waals surface area (Å²) in [4.78, 5) is 4.43. The number of aromatic nitrogens is 2. The number of halogens is 1. The lowest BCUT2D eigenvalue weighted by molar-refractivity contribution is 0.0834. The summed E-state index contributed by atoms with van der Waals surface area (Å²) in [6.07, 6.45) is 2.85. The van der Waals surface area contributed by atoms with Crippen molar-refractivity contribution in [2.24, 2.45) is 5.92 Å². The van der Waals surface area contributed by atoms with Gasteiger partial charge in [-0.05, 0) is 27.9 Å². The van der Waals surface area contributed by atoms with Crippen LogP contribution in [-0.2, 0) is 17.9 Å². The topological polar surface area (TPSA) is 27.1 Å². The van der Waals surface area contributed by atoms with Gasteiger partial charge in [0.05, 0.1) is 6.20 Å². The standard InChI is InChI=1S/C13H25BrN2OSi/c1-11(2)8-13-15-9-12(14)16(13)10-17-6-7-18(3,4)5/h9,11H,6-8,10H2,1-5H3. The largest absolute Gasteiger partial charge is 0.361 e. The van der Waals surface area contributed by atoms with Gasteiger partial charge in [-0.25, -0.2) is 4.98 Å². The van der Waals surface area contributed by atoms with Crippen LogP contribution in [0.5, 0.6) is 0 Å². The minimum absolute atomic E-state index is 0.604. The van der Waals surface area contributed by atoms with E-state index in [9.17, 15) is 0 Å². The molecule has 0 spiro atoms. The minimum atomic E-state index is -0.994. The molecule has 1 heterocycles. The second-order valence-electron chi connectivity index (χ2n) is 6.37. The number of ether oxygens (including phenoxy) is 1. The highest BCUT2D eigenvalue weighted by Gasteiger charge is 2.13. The van der Waals surface area contributed by atoms with Gasteiger partial charge in [-0.1, -0.05) is 33.5 Å². The maximum Gasteiger partial charge on any atom is 0.125 e. The molecule has 1 aromatic rings. The highest BCUT2D eigenvalue weighted by molar-refractivity contribution is 9.10. The zero-order valence-corrected chi connectivity index (χ0v) is 14.7. The highest BCUT2D eigenvalue weighted by atomic mass is 79.9. The third-order valence-electron chi connectivity index (χ3n) is 2.70. The summed E-state index contributed by atoms with van der Waals surface area (Å²) >= 11 is 3.53. The zero-order chi connectivity index (χ0) is 13.8. The average molecular weight is 333 g/mol. The Labute approximate surface area is 120 Å². The van der Waals surface area contributed by atoms with Gasteiger partial charge in [-0.2, -0.15) is 0 Å². The number of hydrogen-bond donors (Lipinski definition) is 0. The molecule has 0 amide bonds. The molecule has 0 aliphatic rings. The van der Waals surface area contributed by atoms with E-state index in [0.717, 1.165) is 23.5 Å². The van der Waals surface area contributed by atoms with Crippen molar-refractivity contribution >= 4 is 24.0 Å². The van der Waals surface area contributed by atoms with Crippen LogP contribution in [0.3, 0.4) is 0 Å². The molecule has 0 radical (unpaired) electrons. The van der Waals surface area contributed by atoms with Crippen LogP contribution in [0.2, 0.25) is 25.7 Å². The second-order valence-corrected chi connectivity index (χ2v) is 12.8. The Morgan fingerprint density at radius 1 is 1.39 bits per heavy atom. The van der Waals surface area contributed by atoms with Crippen LogP contribution in [0.25, 0.3) is 0 Å². The van der Waals surface area contributed by atoms with Crippen molar-refractivity contribution in [3.8, 4) is 0 Å². The normalized spacial score (nSPS) is 12.4. The van der Waals surface area contributed by atoms with E-state index in [2.05, 4.69) is 59.0 Å². The molecule has 18 heavy (non-hydrogen) atoms. The number of nitrogens with zero attached hydrogens (tertiary/aromatic N) is 2. The van der Waals surface area contributed by atoms with Gasteiger partial charge in [-0.3, -0.25) is 4.57 Å². The van der Waals surface area contributed by atoms with Crippen LogP contribution in [0.4, 0.5) is 0 Å². The highest BCUT2D eigenvalue weighted by Crippen LogP contribution is 2.16. The van der Waals surface area contributed by atoms with Gasteiger partial charge in [-0.15, -0.1) is 0 Å². The SMILES string of the molecule is CC(C)Cc1ncc(Br)n1COCC[Si](C)(C)C. The first-order valence-corrected chi connectivity index (χ1v) is 11.1. The molecule has 0 unspecified atom stereocenters. The summed E-state index contributed by atoms with van der Waals surface area (Å²) in [5.41, 5.74) is 0. The first-order valence-electron chi connectivity index (χ1n) is 6.57. The first-order chi connectivity index (χ1) is 8.29. The van der Waals surface area contributed by atoms with Gasteiger partial charge >= 0.3 is 0 Å². The predicted octanol–water partition coefficient (Wildman–Crippen LogP) is 4.16. The summed E-state index contributed by atoms with van der Waals surface area (Å²) in [6.45, 7) is 13.0. The molecule has 0 N–H and O–H groups in total. The molecule has 0 aliphatic carbocycles. The quantitative estimate of drug-likeness (QED) is 0.553. The molecule has 0 bridgehead atoms. The fourth-order valence-electron chi connectivity index (χ4n) is 1.59. The molecule has 0 fully saturated rings. The predicted molar refractivity (Wildman–Crippen MR) is 82.6 cm³/mol. The van der Waals surface area contributed by atoms with Crippen molar-refractivity contribution in [3.63, 3.8) is 0 Å². The molecular formula is C13H25BrN2OSi. The molecule has 1 rings (SSSR count). The Balaban J connectivity index is 2.48. The van der Waals surface area contributed by atoms with Crippen LogP contribution >= 0.6 is 15.9 Å². The minimum Gasteiger partial charge on any atom is -0.361 e. The van der Waals surface area contributed by atoms with E-state index in [1.807, 2.05) is 6.20 Å². The lowest BCUT2D eigenvalue weighted by Crippen LogP contribution is -2.22. The van der Waals surface area contributed by atoms with Crippen molar-refractivity contribution < 1.29 is 4.74 Å². The van der Waals surface area contributed by atoms with Crippen molar-refractivity contribution in [3.05, 3.63) is 16.6 Å². The maximum absolute atomic E-state index is 5.78. The van der Waals surface area contributed by atoms with Crippen molar-refractivity contribution in [1.82, 2.24) is 9.55 Å². The smallest absolute Gasteiger partial charge is 0.125 e. The Kier molecular flexibility index (Phi) is 6.07. The Bertz CT molecular complexity index is 372. The van der Waals surface area contributed by atoms with Crippen LogP contribution < -0.4 is 0 Å². The van der Waals surface area contributed by atoms with Crippen molar-refractivity contribution in [2.75, 3.05) is 6.61 Å². The summed E-state index contributed by atoms with van der Waals surface area (Å²) in [6, 6.07) is 1.21. The average Bonchev–Trinajstić information content (AvgIpc) is 2.53. The molecule has 5 heteroatoms. The van der Waals surface area contributed by atoms with Crippen LogP contribution in [-0.4, -0.2) is 24.2 Å². The van der Waals surface area contributed by atoms with E-state index < -0.39 is 8.07 Å². The van der Waals surface area contributed by atoms with Crippen molar-refractivity contribution in [1.29, 1.82) is 0 Å². The molecule has 0 saturated carbocycles. The number of hydrogen-bond acceptors (Lipinski definition) is 2. The van der Waals surface area contributed by atoms with E-state index in [4.69, 9.17) is 4.74 Å². The molecule has 104 valence electrons. The summed E-state index contributed by atoms with van der Waals surface area (Å²) in [7, 11) is -0.994. The Hall–Kier alpha value is -0.133. The summed E-state index contributed by atoms with van der Waals surface area (Å²) in [5.74, 6) is 1.71. The van der Waals surface area contributed by atoms with Gasteiger partial charge in [0.2, 0.25) is 0 Å². The fraction of sp³-hybridized carbons (Fsp3) is 0.769. The summed E-state index contributed by atoms with van der Waals surface area (Å²) < 4.78 is 8.91. The van der Waals surface area contributed by atoms with Gasteiger partial charge in [0.25, 0.3) is 0 Å². The van der Waals surface area contributed by atoms with E-state index in [-0.39, 0.29) is 0 Å². The third-order valence-corrected chi connectivity index (χ3v) is 5.03. The zero-order valence-electron chi connectivity index (χ0n) is 12.2. The fourth-order valence-corrected chi connectivity index (χ4v) is 2.76. The molecule has 0 atom stereocenters. The van der Waals surface area contributed by atoms with Gasteiger partial charge < -0.3 is 4.74 Å². The van der Waals surface area contributed by atoms with E-state index >= 15 is 0 Å². The molecule has 0 aliphatic heterocycles. The maximum atomic E-state index is 5.78. The molecule has 3 nitrogen and oxygen atoms in total. The monoisotopic (exact) mass is 332 g/mol. The Morgan fingerprint density at radius 3 is 2.61 bits per heavy atom. The third kappa shape index (κ3) is 5.67. The van der Waals surface area contributed by atoms with Gasteiger partial charge in [0.1, 0.15) is 17.2 Å². The number of rotatable bonds is 7. The second kappa shape index (κ2) is 6.87. The van der Waals surface area contributed by atoms with Crippen LogP contribution in [0, 0.1) is 5.92 Å².